The van der Waals surface area contributed by atoms with E-state index < -0.39 is 17.7 Å². The quantitative estimate of drug-likeness (QED) is 0.203. The van der Waals surface area contributed by atoms with Gasteiger partial charge in [-0.1, -0.05) is 32.9 Å². The van der Waals surface area contributed by atoms with Gasteiger partial charge in [0.05, 0.1) is 38.1 Å². The van der Waals surface area contributed by atoms with Crippen molar-refractivity contribution in [3.63, 3.8) is 0 Å². The molecule has 4 rings (SSSR count). The number of hydrogen-bond donors (Lipinski definition) is 1. The summed E-state index contributed by atoms with van der Waals surface area (Å²) in [5, 5.41) is 11.7. The second-order valence-corrected chi connectivity index (χ2v) is 11.1. The second kappa shape index (κ2) is 11.6. The van der Waals surface area contributed by atoms with Crippen molar-refractivity contribution in [3.05, 3.63) is 82.9 Å². The molecule has 8 nitrogen and oxygen atoms in total. The molecule has 3 aromatic carbocycles. The van der Waals surface area contributed by atoms with Crippen molar-refractivity contribution in [2.45, 2.75) is 39.2 Å². The minimum Gasteiger partial charge on any atom is -0.507 e. The number of carbonyl (C=O) groups excluding carboxylic acids is 2. The van der Waals surface area contributed by atoms with E-state index in [4.69, 9.17) is 14.2 Å². The number of amides is 1. The molecule has 0 aliphatic carbocycles. The number of benzene rings is 3. The van der Waals surface area contributed by atoms with E-state index in [9.17, 15) is 14.7 Å². The number of aliphatic hydroxyl groups is 1. The number of carbonyl (C=O) groups is 2. The van der Waals surface area contributed by atoms with Crippen LogP contribution in [0.2, 0.25) is 0 Å². The summed E-state index contributed by atoms with van der Waals surface area (Å²) in [7, 11) is 6.90. The molecule has 8 heteroatoms. The zero-order valence-corrected chi connectivity index (χ0v) is 24.9. The Bertz CT molecular complexity index is 1460. The lowest BCUT2D eigenvalue weighted by Crippen LogP contribution is -2.29. The summed E-state index contributed by atoms with van der Waals surface area (Å²) < 4.78 is 16.7. The average Bonchev–Trinajstić information content (AvgIpc) is 3.22. The van der Waals surface area contributed by atoms with Gasteiger partial charge < -0.3 is 24.2 Å². The van der Waals surface area contributed by atoms with Gasteiger partial charge in [-0.15, -0.1) is 0 Å². The maximum atomic E-state index is 13.7. The highest BCUT2D eigenvalue weighted by Crippen LogP contribution is 2.45. The van der Waals surface area contributed by atoms with Gasteiger partial charge in [0.2, 0.25) is 0 Å². The van der Waals surface area contributed by atoms with Crippen molar-refractivity contribution in [2.24, 2.45) is 0 Å². The van der Waals surface area contributed by atoms with E-state index >= 15 is 0 Å². The number of rotatable bonds is 8. The molecule has 0 bridgehead atoms. The molecular formula is C33H38N2O6. The molecule has 1 aliphatic rings. The summed E-state index contributed by atoms with van der Waals surface area (Å²) in [6, 6.07) is 17.0. The summed E-state index contributed by atoms with van der Waals surface area (Å²) in [5.74, 6) is -0.163. The molecular weight excluding hydrogens is 520 g/mol. The Morgan fingerprint density at radius 2 is 1.54 bits per heavy atom. The van der Waals surface area contributed by atoms with Crippen LogP contribution >= 0.6 is 0 Å². The lowest BCUT2D eigenvalue weighted by atomic mass is 9.84. The van der Waals surface area contributed by atoms with Crippen molar-refractivity contribution in [2.75, 3.05) is 44.7 Å². The number of ether oxygens (including phenoxy) is 3. The molecule has 0 aromatic heterocycles. The van der Waals surface area contributed by atoms with Crippen LogP contribution in [-0.2, 0) is 15.0 Å². The Morgan fingerprint density at radius 3 is 2.05 bits per heavy atom. The highest BCUT2D eigenvalue weighted by atomic mass is 16.5. The van der Waals surface area contributed by atoms with Crippen molar-refractivity contribution >= 4 is 28.8 Å². The molecule has 0 saturated carbocycles. The molecule has 1 fully saturated rings. The minimum atomic E-state index is -0.896. The highest BCUT2D eigenvalue weighted by molar-refractivity contribution is 6.51. The first-order valence-electron chi connectivity index (χ1n) is 13.5. The third kappa shape index (κ3) is 5.73. The largest absolute Gasteiger partial charge is 0.507 e. The van der Waals surface area contributed by atoms with Crippen LogP contribution in [0.25, 0.3) is 5.76 Å². The third-order valence-corrected chi connectivity index (χ3v) is 7.14. The van der Waals surface area contributed by atoms with Crippen molar-refractivity contribution in [1.29, 1.82) is 0 Å². The lowest BCUT2D eigenvalue weighted by Gasteiger charge is -2.27. The van der Waals surface area contributed by atoms with E-state index in [1.807, 2.05) is 56.3 Å². The van der Waals surface area contributed by atoms with Crippen molar-refractivity contribution in [3.8, 4) is 17.2 Å². The molecule has 0 radical (unpaired) electrons. The predicted octanol–water partition coefficient (Wildman–Crippen LogP) is 6.09. The first-order chi connectivity index (χ1) is 19.4. The third-order valence-electron chi connectivity index (χ3n) is 7.14. The number of Topliss-reactive ketones (excluding diaryl/α,β-unsaturated/α-hetero) is 1. The van der Waals surface area contributed by atoms with Gasteiger partial charge in [-0.2, -0.15) is 0 Å². The highest BCUT2D eigenvalue weighted by Gasteiger charge is 2.47. The molecule has 1 saturated heterocycles. The number of hydrogen-bond acceptors (Lipinski definition) is 7. The summed E-state index contributed by atoms with van der Waals surface area (Å²) in [4.78, 5) is 30.8. The Kier molecular flexibility index (Phi) is 8.33. The average molecular weight is 559 g/mol. The van der Waals surface area contributed by atoms with Crippen molar-refractivity contribution in [1.82, 2.24) is 0 Å². The van der Waals surface area contributed by atoms with Gasteiger partial charge in [0.25, 0.3) is 11.7 Å². The summed E-state index contributed by atoms with van der Waals surface area (Å²) >= 11 is 0. The van der Waals surface area contributed by atoms with E-state index in [1.54, 1.807) is 30.3 Å². The Balaban J connectivity index is 1.97. The molecule has 41 heavy (non-hydrogen) atoms. The van der Waals surface area contributed by atoms with Gasteiger partial charge in [0.15, 0.2) is 0 Å². The van der Waals surface area contributed by atoms with Gasteiger partial charge in [0, 0.05) is 49.1 Å². The number of nitrogens with zero attached hydrogens (tertiary/aromatic N) is 2. The van der Waals surface area contributed by atoms with Gasteiger partial charge in [-0.25, -0.2) is 0 Å². The van der Waals surface area contributed by atoms with Crippen LogP contribution in [0.3, 0.4) is 0 Å². The monoisotopic (exact) mass is 558 g/mol. The van der Waals surface area contributed by atoms with Gasteiger partial charge in [0.1, 0.15) is 23.0 Å². The van der Waals surface area contributed by atoms with Crippen molar-refractivity contribution < 1.29 is 28.9 Å². The Hall–Kier alpha value is -4.46. The summed E-state index contributed by atoms with van der Waals surface area (Å²) in [5.41, 5.74) is 3.03. The zero-order valence-electron chi connectivity index (χ0n) is 24.9. The van der Waals surface area contributed by atoms with Crippen LogP contribution in [0.15, 0.2) is 66.2 Å². The van der Waals surface area contributed by atoms with Gasteiger partial charge in [-0.3, -0.25) is 14.5 Å². The summed E-state index contributed by atoms with van der Waals surface area (Å²) in [6.45, 7) is 8.56. The van der Waals surface area contributed by atoms with Crippen LogP contribution in [-0.4, -0.2) is 51.7 Å². The second-order valence-electron chi connectivity index (χ2n) is 11.1. The van der Waals surface area contributed by atoms with Crippen LogP contribution in [0.1, 0.15) is 50.4 Å². The molecule has 3 aromatic rings. The topological polar surface area (TPSA) is 88.5 Å². The van der Waals surface area contributed by atoms with Crippen LogP contribution in [0.4, 0.5) is 11.4 Å². The van der Waals surface area contributed by atoms with Crippen LogP contribution < -0.4 is 24.0 Å². The first kappa shape index (κ1) is 29.5. The molecule has 1 unspecified atom stereocenters. The van der Waals surface area contributed by atoms with E-state index in [-0.39, 0.29) is 16.7 Å². The fraction of sp³-hybridized carbons (Fsp3) is 0.333. The summed E-state index contributed by atoms with van der Waals surface area (Å²) in [6.07, 6.45) is 0. The number of aliphatic hydroxyl groups excluding tert-OH is 1. The van der Waals surface area contributed by atoms with Crippen LogP contribution in [0.5, 0.6) is 17.2 Å². The number of ketones is 1. The molecule has 1 atom stereocenters. The van der Waals surface area contributed by atoms with E-state index in [1.165, 1.54) is 19.1 Å². The molecule has 1 heterocycles. The predicted molar refractivity (Wildman–Crippen MR) is 161 cm³/mol. The SMILES string of the molecule is CCOc1ccc(/C(O)=C2/C(=O)C(=O)N(c3cc(OC)cc(OC)c3)C2c2ccc(N(C)C)cc2)cc1C(C)(C)C. The number of anilines is 2. The fourth-order valence-corrected chi connectivity index (χ4v) is 5.00. The number of methoxy groups -OCH3 is 2. The molecule has 1 amide bonds. The molecule has 216 valence electrons. The Labute approximate surface area is 241 Å². The maximum Gasteiger partial charge on any atom is 0.300 e. The Morgan fingerprint density at radius 1 is 0.927 bits per heavy atom. The normalized spacial score (nSPS) is 16.6. The van der Waals surface area contributed by atoms with Gasteiger partial charge in [-0.05, 0) is 48.2 Å². The van der Waals surface area contributed by atoms with E-state index in [0.29, 0.717) is 40.7 Å². The first-order valence-corrected chi connectivity index (χ1v) is 13.5. The molecule has 1 N–H and O–H groups in total. The van der Waals surface area contributed by atoms with Gasteiger partial charge >= 0.3 is 0 Å². The smallest absolute Gasteiger partial charge is 0.300 e. The lowest BCUT2D eigenvalue weighted by molar-refractivity contribution is -0.132. The zero-order chi connectivity index (χ0) is 30.1. The van der Waals surface area contributed by atoms with E-state index in [0.717, 1.165) is 11.3 Å². The minimum absolute atomic E-state index is 0.00147. The molecule has 1 aliphatic heterocycles. The van der Waals surface area contributed by atoms with E-state index in [2.05, 4.69) is 20.8 Å². The van der Waals surface area contributed by atoms with Crippen LogP contribution in [0, 0.1) is 0 Å². The molecule has 0 spiro atoms. The standard InChI is InChI=1S/C33H38N2O6/c1-9-41-27-15-12-21(16-26(27)33(2,3)4)30(36)28-29(20-10-13-22(14-11-20)34(5)6)35(32(38)31(28)37)23-17-24(39-7)19-25(18-23)40-8/h10-19,29,36H,9H2,1-8H3/b30-28-. The maximum absolute atomic E-state index is 13.7. The fourth-order valence-electron chi connectivity index (χ4n) is 5.00.